The fourth-order valence-corrected chi connectivity index (χ4v) is 1.80. The third-order valence-corrected chi connectivity index (χ3v) is 3.07. The number of carbonyl (C=O) groups excluding carboxylic acids is 1. The third kappa shape index (κ3) is 8.93. The smallest absolute Gasteiger partial charge is 0.0619 e. The minimum absolute atomic E-state index is 0.429. The molecule has 3 heteroatoms. The van der Waals surface area contributed by atoms with Crippen LogP contribution < -0.4 is 5.11 Å². The van der Waals surface area contributed by atoms with Gasteiger partial charge in [0, 0.05) is 5.97 Å². The molecule has 2 atom stereocenters. The number of hydrogen-bond acceptors (Lipinski definition) is 3. The zero-order valence-electron chi connectivity index (χ0n) is 11.3. The molecule has 0 aliphatic heterocycles. The third-order valence-electron chi connectivity index (χ3n) is 3.07. The normalized spacial score (nSPS) is 16.2. The quantitative estimate of drug-likeness (QED) is 0.628. The minimum atomic E-state index is -1.01. The number of hydrogen-bond donors (Lipinski definition) is 1. The van der Waals surface area contributed by atoms with Crippen molar-refractivity contribution in [1.29, 1.82) is 0 Å². The number of carboxylic acids is 1. The summed E-state index contributed by atoms with van der Waals surface area (Å²) in [6.07, 6.45) is 4.53. The summed E-state index contributed by atoms with van der Waals surface area (Å²) < 4.78 is 0. The molecule has 17 heavy (non-hydrogen) atoms. The van der Waals surface area contributed by atoms with E-state index in [9.17, 15) is 15.0 Å². The fourth-order valence-electron chi connectivity index (χ4n) is 1.80. The molecule has 0 saturated carbocycles. The monoisotopic (exact) mass is 241 g/mol. The van der Waals surface area contributed by atoms with Crippen LogP contribution >= 0.6 is 0 Å². The Morgan fingerprint density at radius 2 is 1.94 bits per heavy atom. The molecule has 0 heterocycles. The Kier molecular flexibility index (Phi) is 7.12. The maximum absolute atomic E-state index is 10.5. The second-order valence-electron chi connectivity index (χ2n) is 5.42. The van der Waals surface area contributed by atoms with Gasteiger partial charge in [-0.25, -0.2) is 0 Å². The number of aliphatic hydroxyl groups is 1. The molecule has 1 N–H and O–H groups in total. The lowest BCUT2D eigenvalue weighted by molar-refractivity contribution is -0.311. The first-order chi connectivity index (χ1) is 7.74. The van der Waals surface area contributed by atoms with Gasteiger partial charge in [0.05, 0.1) is 5.60 Å². The average Bonchev–Trinajstić information content (AvgIpc) is 2.15. The van der Waals surface area contributed by atoms with E-state index in [-0.39, 0.29) is 0 Å². The van der Waals surface area contributed by atoms with Crippen LogP contribution in [0, 0.1) is 5.92 Å². The Morgan fingerprint density at radius 3 is 2.41 bits per heavy atom. The van der Waals surface area contributed by atoms with Crippen LogP contribution in [-0.4, -0.2) is 16.7 Å². The number of carboxylic acid groups (broad SMARTS) is 1. The van der Waals surface area contributed by atoms with Crippen molar-refractivity contribution in [2.45, 2.75) is 64.9 Å². The summed E-state index contributed by atoms with van der Waals surface area (Å²) in [5.74, 6) is -1.44. The van der Waals surface area contributed by atoms with Crippen LogP contribution in [0.4, 0.5) is 0 Å². The number of allylic oxidation sites excluding steroid dienone is 1. The summed E-state index contributed by atoms with van der Waals surface area (Å²) in [6, 6.07) is 0. The Labute approximate surface area is 105 Å². The van der Waals surface area contributed by atoms with Crippen LogP contribution in [0.15, 0.2) is 12.2 Å². The summed E-state index contributed by atoms with van der Waals surface area (Å²) in [6.45, 7) is 9.27. The molecule has 0 spiro atoms. The van der Waals surface area contributed by atoms with E-state index in [1.54, 1.807) is 6.92 Å². The molecule has 2 unspecified atom stereocenters. The maximum atomic E-state index is 10.5. The highest BCUT2D eigenvalue weighted by Gasteiger charge is 2.19. The molecular formula is C14H25O3-. The molecule has 0 radical (unpaired) electrons. The summed E-state index contributed by atoms with van der Waals surface area (Å²) in [5.41, 5.74) is 0.438. The van der Waals surface area contributed by atoms with Crippen LogP contribution in [0.5, 0.6) is 0 Å². The van der Waals surface area contributed by atoms with E-state index in [2.05, 4.69) is 6.58 Å². The van der Waals surface area contributed by atoms with E-state index in [4.69, 9.17) is 0 Å². The van der Waals surface area contributed by atoms with Crippen LogP contribution in [0.1, 0.15) is 59.3 Å². The van der Waals surface area contributed by atoms with Crippen molar-refractivity contribution in [1.82, 2.24) is 0 Å². The Balaban J connectivity index is 3.77. The molecule has 0 saturated heterocycles. The van der Waals surface area contributed by atoms with Gasteiger partial charge < -0.3 is 15.0 Å². The number of carbonyl (C=O) groups is 1. The van der Waals surface area contributed by atoms with Gasteiger partial charge in [0.1, 0.15) is 0 Å². The topological polar surface area (TPSA) is 60.4 Å². The molecule has 0 aliphatic carbocycles. The minimum Gasteiger partial charge on any atom is -0.550 e. The summed E-state index contributed by atoms with van der Waals surface area (Å²) in [4.78, 5) is 10.5. The van der Waals surface area contributed by atoms with Crippen molar-refractivity contribution in [3.8, 4) is 0 Å². The molecule has 0 fully saturated rings. The van der Waals surface area contributed by atoms with Crippen LogP contribution in [0.2, 0.25) is 0 Å². The molecule has 0 aromatic carbocycles. The second-order valence-corrected chi connectivity index (χ2v) is 5.42. The van der Waals surface area contributed by atoms with E-state index < -0.39 is 17.5 Å². The average molecular weight is 241 g/mol. The highest BCUT2D eigenvalue weighted by atomic mass is 16.4. The van der Waals surface area contributed by atoms with Gasteiger partial charge in [-0.1, -0.05) is 12.5 Å². The van der Waals surface area contributed by atoms with E-state index in [1.165, 1.54) is 0 Å². The van der Waals surface area contributed by atoms with E-state index in [0.29, 0.717) is 12.8 Å². The molecule has 0 aromatic heterocycles. The van der Waals surface area contributed by atoms with Crippen molar-refractivity contribution in [3.05, 3.63) is 12.2 Å². The Bertz CT molecular complexity index is 256. The highest BCUT2D eigenvalue weighted by Crippen LogP contribution is 2.22. The van der Waals surface area contributed by atoms with E-state index >= 15 is 0 Å². The predicted molar refractivity (Wildman–Crippen MR) is 67.3 cm³/mol. The first-order valence-corrected chi connectivity index (χ1v) is 6.32. The molecule has 100 valence electrons. The first kappa shape index (κ1) is 16.2. The molecule has 0 rings (SSSR count). The zero-order valence-corrected chi connectivity index (χ0v) is 11.3. The standard InChI is InChI=1S/C14H26O3/c1-11(2)7-5-9-14(4,17)10-6-8-12(3)13(15)16/h12,17H,1,5-10H2,2-4H3,(H,15,16)/p-1. The molecule has 3 nitrogen and oxygen atoms in total. The first-order valence-electron chi connectivity index (χ1n) is 6.32. The van der Waals surface area contributed by atoms with Gasteiger partial charge in [-0.2, -0.15) is 0 Å². The van der Waals surface area contributed by atoms with Crippen molar-refractivity contribution in [3.63, 3.8) is 0 Å². The molecule has 0 aliphatic rings. The van der Waals surface area contributed by atoms with Gasteiger partial charge in [-0.3, -0.25) is 0 Å². The second kappa shape index (κ2) is 7.49. The predicted octanol–water partition coefficient (Wildman–Crippen LogP) is 2.04. The van der Waals surface area contributed by atoms with Crippen molar-refractivity contribution in [2.75, 3.05) is 0 Å². The SMILES string of the molecule is C=C(C)CCCC(C)(O)CCCC(C)C(=O)[O-]. The summed E-state index contributed by atoms with van der Waals surface area (Å²) in [7, 11) is 0. The lowest BCUT2D eigenvalue weighted by Gasteiger charge is -2.24. The van der Waals surface area contributed by atoms with E-state index in [0.717, 1.165) is 31.3 Å². The van der Waals surface area contributed by atoms with Crippen LogP contribution in [0.3, 0.4) is 0 Å². The lowest BCUT2D eigenvalue weighted by atomic mass is 9.90. The van der Waals surface area contributed by atoms with Gasteiger partial charge in [-0.15, -0.1) is 6.58 Å². The molecular weight excluding hydrogens is 216 g/mol. The maximum Gasteiger partial charge on any atom is 0.0619 e. The van der Waals surface area contributed by atoms with Crippen molar-refractivity contribution < 1.29 is 15.0 Å². The Hall–Kier alpha value is -0.830. The fraction of sp³-hybridized carbons (Fsp3) is 0.786. The highest BCUT2D eigenvalue weighted by molar-refractivity contribution is 5.66. The molecule has 0 amide bonds. The van der Waals surface area contributed by atoms with Crippen molar-refractivity contribution in [2.24, 2.45) is 5.92 Å². The van der Waals surface area contributed by atoms with Gasteiger partial charge in [0.25, 0.3) is 0 Å². The van der Waals surface area contributed by atoms with Crippen LogP contribution in [-0.2, 0) is 4.79 Å². The van der Waals surface area contributed by atoms with Gasteiger partial charge in [-0.05, 0) is 58.3 Å². The summed E-state index contributed by atoms with van der Waals surface area (Å²) in [5, 5.41) is 20.6. The number of rotatable bonds is 9. The number of aliphatic carboxylic acids is 1. The Morgan fingerprint density at radius 1 is 1.41 bits per heavy atom. The van der Waals surface area contributed by atoms with Crippen molar-refractivity contribution >= 4 is 5.97 Å². The molecule has 0 aromatic rings. The van der Waals surface area contributed by atoms with Crippen LogP contribution in [0.25, 0.3) is 0 Å². The zero-order chi connectivity index (χ0) is 13.5. The largest absolute Gasteiger partial charge is 0.550 e. The molecule has 0 bridgehead atoms. The van der Waals surface area contributed by atoms with E-state index in [1.807, 2.05) is 13.8 Å². The van der Waals surface area contributed by atoms with Gasteiger partial charge >= 0.3 is 0 Å². The van der Waals surface area contributed by atoms with Gasteiger partial charge in [0.2, 0.25) is 0 Å². The van der Waals surface area contributed by atoms with Gasteiger partial charge in [0.15, 0.2) is 0 Å². The lowest BCUT2D eigenvalue weighted by Crippen LogP contribution is -2.30. The summed E-state index contributed by atoms with van der Waals surface area (Å²) >= 11 is 0.